The van der Waals surface area contributed by atoms with Crippen molar-refractivity contribution in [1.82, 2.24) is 25.0 Å². The van der Waals surface area contributed by atoms with Crippen LogP contribution in [0.5, 0.6) is 0 Å². The minimum atomic E-state index is 0.669. The highest BCUT2D eigenvalue weighted by Crippen LogP contribution is 2.21. The number of rotatable bonds is 3. The fourth-order valence-corrected chi connectivity index (χ4v) is 2.50. The summed E-state index contributed by atoms with van der Waals surface area (Å²) in [5, 5.41) is 7.87. The molecule has 0 spiro atoms. The first-order valence-electron chi connectivity index (χ1n) is 6.70. The molecule has 1 aliphatic heterocycles. The second-order valence-electron chi connectivity index (χ2n) is 5.05. The summed E-state index contributed by atoms with van der Waals surface area (Å²) >= 11 is 0. The van der Waals surface area contributed by atoms with Gasteiger partial charge in [-0.1, -0.05) is 5.21 Å². The Morgan fingerprint density at radius 2 is 2.11 bits per heavy atom. The summed E-state index contributed by atoms with van der Waals surface area (Å²) < 4.78 is 1.92. The van der Waals surface area contributed by atoms with Crippen LogP contribution in [0.1, 0.15) is 18.5 Å². The molecule has 0 bridgehead atoms. The number of piperidine rings is 1. The van der Waals surface area contributed by atoms with E-state index in [9.17, 15) is 0 Å². The van der Waals surface area contributed by atoms with Gasteiger partial charge in [0.2, 0.25) is 5.95 Å². The minimum Gasteiger partial charge on any atom is -0.341 e. The topological polar surface area (TPSA) is 59.7 Å². The fraction of sp³-hybridized carbons (Fsp3) is 0.538. The van der Waals surface area contributed by atoms with E-state index in [0.717, 1.165) is 44.1 Å². The maximum absolute atomic E-state index is 4.48. The van der Waals surface area contributed by atoms with E-state index in [0.29, 0.717) is 5.92 Å². The molecule has 0 radical (unpaired) electrons. The maximum Gasteiger partial charge on any atom is 0.225 e. The van der Waals surface area contributed by atoms with Gasteiger partial charge in [0.05, 0.1) is 6.20 Å². The Balaban J connectivity index is 1.57. The Kier molecular flexibility index (Phi) is 3.39. The van der Waals surface area contributed by atoms with Crippen molar-refractivity contribution < 1.29 is 0 Å². The van der Waals surface area contributed by atoms with Crippen LogP contribution in [-0.2, 0) is 6.54 Å². The number of anilines is 1. The van der Waals surface area contributed by atoms with Gasteiger partial charge in [-0.15, -0.1) is 5.10 Å². The van der Waals surface area contributed by atoms with Crippen LogP contribution in [0.4, 0.5) is 5.95 Å². The molecule has 1 fully saturated rings. The van der Waals surface area contributed by atoms with E-state index < -0.39 is 0 Å². The molecule has 6 nitrogen and oxygen atoms in total. The Hall–Kier alpha value is -1.98. The van der Waals surface area contributed by atoms with Gasteiger partial charge in [-0.3, -0.25) is 4.68 Å². The zero-order chi connectivity index (χ0) is 13.1. The molecule has 1 saturated heterocycles. The average molecular weight is 258 g/mol. The van der Waals surface area contributed by atoms with Crippen LogP contribution in [0.2, 0.25) is 0 Å². The first kappa shape index (κ1) is 12.1. The lowest BCUT2D eigenvalue weighted by Gasteiger charge is -2.31. The van der Waals surface area contributed by atoms with Gasteiger partial charge in [-0.05, 0) is 31.7 Å². The summed E-state index contributed by atoms with van der Waals surface area (Å²) in [5.74, 6) is 1.53. The third-order valence-electron chi connectivity index (χ3n) is 3.60. The molecule has 0 aromatic carbocycles. The van der Waals surface area contributed by atoms with Crippen molar-refractivity contribution >= 4 is 5.95 Å². The van der Waals surface area contributed by atoms with Gasteiger partial charge in [-0.25, -0.2) is 9.97 Å². The molecule has 3 heterocycles. The van der Waals surface area contributed by atoms with Gasteiger partial charge in [0.15, 0.2) is 0 Å². The summed E-state index contributed by atoms with van der Waals surface area (Å²) in [6.07, 6.45) is 7.79. The van der Waals surface area contributed by atoms with Crippen molar-refractivity contribution in [1.29, 1.82) is 0 Å². The summed E-state index contributed by atoms with van der Waals surface area (Å²) in [6.45, 7) is 5.00. The molecule has 3 rings (SSSR count). The van der Waals surface area contributed by atoms with Gasteiger partial charge >= 0.3 is 0 Å². The molecule has 0 saturated carbocycles. The van der Waals surface area contributed by atoms with Crippen molar-refractivity contribution in [3.05, 3.63) is 30.4 Å². The number of aryl methyl sites for hydroxylation is 1. The first-order chi connectivity index (χ1) is 9.31. The highest BCUT2D eigenvalue weighted by Gasteiger charge is 2.21. The van der Waals surface area contributed by atoms with Gasteiger partial charge in [0, 0.05) is 37.7 Å². The van der Waals surface area contributed by atoms with Gasteiger partial charge in [-0.2, -0.15) is 0 Å². The molecular weight excluding hydrogens is 240 g/mol. The highest BCUT2D eigenvalue weighted by molar-refractivity contribution is 5.30. The standard InChI is InChI=1S/C13H18N6/c1-11-2-5-14-13(16-11)18-7-3-12(4-8-18)10-19-9-6-15-17-19/h2,5-6,9,12H,3-4,7-8,10H2,1H3. The third kappa shape index (κ3) is 2.89. The summed E-state index contributed by atoms with van der Waals surface area (Å²) in [5.41, 5.74) is 1.02. The Morgan fingerprint density at radius 3 is 2.79 bits per heavy atom. The molecule has 0 unspecified atom stereocenters. The van der Waals surface area contributed by atoms with Crippen LogP contribution < -0.4 is 4.90 Å². The van der Waals surface area contributed by atoms with E-state index in [-0.39, 0.29) is 0 Å². The Bertz CT molecular complexity index is 516. The minimum absolute atomic E-state index is 0.669. The predicted molar refractivity (Wildman–Crippen MR) is 71.7 cm³/mol. The average Bonchev–Trinajstić information content (AvgIpc) is 2.92. The van der Waals surface area contributed by atoms with E-state index in [4.69, 9.17) is 0 Å². The van der Waals surface area contributed by atoms with E-state index in [2.05, 4.69) is 25.2 Å². The van der Waals surface area contributed by atoms with Gasteiger partial charge in [0.1, 0.15) is 0 Å². The second-order valence-corrected chi connectivity index (χ2v) is 5.05. The van der Waals surface area contributed by atoms with Crippen molar-refractivity contribution in [3.63, 3.8) is 0 Å². The molecule has 0 amide bonds. The van der Waals surface area contributed by atoms with Gasteiger partial charge < -0.3 is 4.90 Å². The van der Waals surface area contributed by atoms with Crippen LogP contribution in [0.15, 0.2) is 24.7 Å². The Morgan fingerprint density at radius 1 is 1.26 bits per heavy atom. The first-order valence-corrected chi connectivity index (χ1v) is 6.70. The SMILES string of the molecule is Cc1ccnc(N2CCC(Cn3ccnn3)CC2)n1. The molecule has 0 atom stereocenters. The summed E-state index contributed by atoms with van der Waals surface area (Å²) in [7, 11) is 0. The smallest absolute Gasteiger partial charge is 0.225 e. The number of aromatic nitrogens is 5. The summed E-state index contributed by atoms with van der Waals surface area (Å²) in [4.78, 5) is 11.1. The lowest BCUT2D eigenvalue weighted by Crippen LogP contribution is -2.36. The van der Waals surface area contributed by atoms with Crippen molar-refractivity contribution in [2.24, 2.45) is 5.92 Å². The maximum atomic E-state index is 4.48. The van der Waals surface area contributed by atoms with Crippen molar-refractivity contribution in [3.8, 4) is 0 Å². The van der Waals surface area contributed by atoms with Crippen LogP contribution in [-0.4, -0.2) is 38.1 Å². The second kappa shape index (κ2) is 5.34. The molecule has 0 aliphatic carbocycles. The number of hydrogen-bond acceptors (Lipinski definition) is 5. The van der Waals surface area contributed by atoms with E-state index in [1.165, 1.54) is 0 Å². The van der Waals surface area contributed by atoms with Crippen molar-refractivity contribution in [2.75, 3.05) is 18.0 Å². The highest BCUT2D eigenvalue weighted by atomic mass is 15.4. The number of hydrogen-bond donors (Lipinski definition) is 0. The largest absolute Gasteiger partial charge is 0.341 e. The van der Waals surface area contributed by atoms with E-state index in [1.807, 2.05) is 30.1 Å². The number of nitrogens with zero attached hydrogens (tertiary/aromatic N) is 6. The fourth-order valence-electron chi connectivity index (χ4n) is 2.50. The molecule has 1 aliphatic rings. The lowest BCUT2D eigenvalue weighted by atomic mass is 9.97. The molecule has 19 heavy (non-hydrogen) atoms. The van der Waals surface area contributed by atoms with Crippen LogP contribution in [0, 0.1) is 12.8 Å². The predicted octanol–water partition coefficient (Wildman–Crippen LogP) is 1.29. The van der Waals surface area contributed by atoms with E-state index in [1.54, 1.807) is 6.20 Å². The third-order valence-corrected chi connectivity index (χ3v) is 3.60. The molecular formula is C13H18N6. The summed E-state index contributed by atoms with van der Waals surface area (Å²) in [6, 6.07) is 1.93. The zero-order valence-electron chi connectivity index (χ0n) is 11.1. The molecule has 0 N–H and O–H groups in total. The van der Waals surface area contributed by atoms with Crippen LogP contribution >= 0.6 is 0 Å². The van der Waals surface area contributed by atoms with E-state index >= 15 is 0 Å². The van der Waals surface area contributed by atoms with Crippen LogP contribution in [0.3, 0.4) is 0 Å². The van der Waals surface area contributed by atoms with Crippen molar-refractivity contribution in [2.45, 2.75) is 26.3 Å². The molecule has 2 aromatic heterocycles. The lowest BCUT2D eigenvalue weighted by molar-refractivity contribution is 0.337. The quantitative estimate of drug-likeness (QED) is 0.830. The molecule has 100 valence electrons. The molecule has 2 aromatic rings. The monoisotopic (exact) mass is 258 g/mol. The normalized spacial score (nSPS) is 16.8. The zero-order valence-corrected chi connectivity index (χ0v) is 11.1. The molecule has 6 heteroatoms. The van der Waals surface area contributed by atoms with Crippen LogP contribution in [0.25, 0.3) is 0 Å². The van der Waals surface area contributed by atoms with Gasteiger partial charge in [0.25, 0.3) is 0 Å². The Labute approximate surface area is 112 Å².